The molecule has 1 aliphatic carbocycles. The van der Waals surface area contributed by atoms with Crippen LogP contribution in [0.1, 0.15) is 29.5 Å². The molecular weight excluding hydrogens is 219 g/mol. The fourth-order valence-electron chi connectivity index (χ4n) is 1.91. The molecule has 1 saturated carbocycles. The van der Waals surface area contributed by atoms with E-state index in [1.165, 1.54) is 0 Å². The van der Waals surface area contributed by atoms with Crippen LogP contribution in [0.5, 0.6) is 0 Å². The highest BCUT2D eigenvalue weighted by atomic mass is 35.5. The average Bonchev–Trinajstić information content (AvgIpc) is 2.81. The van der Waals surface area contributed by atoms with E-state index >= 15 is 0 Å². The molecule has 0 heterocycles. The highest BCUT2D eigenvalue weighted by Gasteiger charge is 2.44. The summed E-state index contributed by atoms with van der Waals surface area (Å²) in [7, 11) is 0. The van der Waals surface area contributed by atoms with Gasteiger partial charge in [-0.2, -0.15) is 0 Å². The Balaban J connectivity index is 2.68. The summed E-state index contributed by atoms with van der Waals surface area (Å²) in [5, 5.41) is 11.4. The van der Waals surface area contributed by atoms with Crippen molar-refractivity contribution in [1.82, 2.24) is 0 Å². The van der Waals surface area contributed by atoms with Crippen LogP contribution < -0.4 is 0 Å². The van der Waals surface area contributed by atoms with E-state index in [2.05, 4.69) is 0 Å². The van der Waals surface area contributed by atoms with Crippen molar-refractivity contribution in [3.63, 3.8) is 0 Å². The lowest BCUT2D eigenvalue weighted by Gasteiger charge is -2.17. The molecule has 0 radical (unpaired) electrons. The van der Waals surface area contributed by atoms with Gasteiger partial charge >= 0.3 is 0 Å². The van der Waals surface area contributed by atoms with Gasteiger partial charge in [-0.05, 0) is 49.4 Å². The van der Waals surface area contributed by atoms with Crippen LogP contribution >= 0.6 is 23.2 Å². The van der Waals surface area contributed by atoms with E-state index in [0.29, 0.717) is 10.0 Å². The Morgan fingerprint density at radius 2 is 1.57 bits per heavy atom. The van der Waals surface area contributed by atoms with Crippen molar-refractivity contribution in [3.05, 3.63) is 32.8 Å². The fourth-order valence-corrected chi connectivity index (χ4v) is 2.38. The lowest BCUT2D eigenvalue weighted by molar-refractivity contribution is 0.150. The number of benzene rings is 1. The van der Waals surface area contributed by atoms with E-state index in [0.717, 1.165) is 29.5 Å². The zero-order chi connectivity index (χ0) is 10.5. The molecule has 1 fully saturated rings. The van der Waals surface area contributed by atoms with Gasteiger partial charge in [0.1, 0.15) is 0 Å². The van der Waals surface area contributed by atoms with Crippen LogP contribution in [-0.2, 0) is 5.60 Å². The number of hydrogen-bond acceptors (Lipinski definition) is 1. The molecule has 1 aromatic rings. The number of hydrogen-bond donors (Lipinski definition) is 1. The lowest BCUT2D eigenvalue weighted by Crippen LogP contribution is -2.10. The molecule has 0 saturated heterocycles. The Hall–Kier alpha value is -0.240. The molecule has 1 aromatic carbocycles. The summed E-state index contributed by atoms with van der Waals surface area (Å²) in [5.41, 5.74) is 2.17. The van der Waals surface area contributed by atoms with Gasteiger partial charge in [-0.1, -0.05) is 23.2 Å². The largest absolute Gasteiger partial charge is 0.385 e. The van der Waals surface area contributed by atoms with Crippen molar-refractivity contribution in [1.29, 1.82) is 0 Å². The van der Waals surface area contributed by atoms with Crippen LogP contribution in [0.25, 0.3) is 0 Å². The third-order valence-corrected chi connectivity index (χ3v) is 3.69. The average molecular weight is 231 g/mol. The minimum Gasteiger partial charge on any atom is -0.385 e. The Morgan fingerprint density at radius 1 is 1.14 bits per heavy atom. The normalized spacial score (nSPS) is 18.4. The summed E-state index contributed by atoms with van der Waals surface area (Å²) in [6, 6.07) is 1.74. The first-order chi connectivity index (χ1) is 6.46. The predicted molar refractivity (Wildman–Crippen MR) is 59.1 cm³/mol. The SMILES string of the molecule is Cc1c(Cl)cc(Cl)c(C)c1C1(O)CC1. The van der Waals surface area contributed by atoms with E-state index in [1.54, 1.807) is 6.07 Å². The first-order valence-corrected chi connectivity index (χ1v) is 5.39. The van der Waals surface area contributed by atoms with Gasteiger partial charge in [0.25, 0.3) is 0 Å². The highest BCUT2D eigenvalue weighted by Crippen LogP contribution is 2.50. The Morgan fingerprint density at radius 3 is 1.93 bits per heavy atom. The summed E-state index contributed by atoms with van der Waals surface area (Å²) < 4.78 is 0. The second kappa shape index (κ2) is 3.13. The third kappa shape index (κ3) is 1.44. The summed E-state index contributed by atoms with van der Waals surface area (Å²) in [6.07, 6.45) is 1.62. The fraction of sp³-hybridized carbons (Fsp3) is 0.455. The van der Waals surface area contributed by atoms with Crippen molar-refractivity contribution >= 4 is 23.2 Å². The van der Waals surface area contributed by atoms with Gasteiger partial charge in [-0.3, -0.25) is 0 Å². The van der Waals surface area contributed by atoms with Gasteiger partial charge in [-0.15, -0.1) is 0 Å². The van der Waals surface area contributed by atoms with E-state index in [9.17, 15) is 5.11 Å². The summed E-state index contributed by atoms with van der Waals surface area (Å²) >= 11 is 12.1. The molecule has 1 aliphatic rings. The molecule has 3 heteroatoms. The summed E-state index contributed by atoms with van der Waals surface area (Å²) in [6.45, 7) is 3.86. The minimum absolute atomic E-state index is 0.635. The van der Waals surface area contributed by atoms with Crippen molar-refractivity contribution in [2.75, 3.05) is 0 Å². The Kier molecular flexibility index (Phi) is 2.30. The van der Waals surface area contributed by atoms with E-state index in [1.807, 2.05) is 13.8 Å². The quantitative estimate of drug-likeness (QED) is 0.782. The molecule has 76 valence electrons. The number of halogens is 2. The molecule has 0 unspecified atom stereocenters. The van der Waals surface area contributed by atoms with Crippen LogP contribution in [0.3, 0.4) is 0 Å². The molecule has 0 bridgehead atoms. The molecular formula is C11H12Cl2O. The van der Waals surface area contributed by atoms with Gasteiger partial charge in [-0.25, -0.2) is 0 Å². The topological polar surface area (TPSA) is 20.2 Å². The Labute approximate surface area is 93.7 Å². The van der Waals surface area contributed by atoms with Crippen molar-refractivity contribution in [2.24, 2.45) is 0 Å². The lowest BCUT2D eigenvalue weighted by atomic mass is 9.96. The summed E-state index contributed by atoms with van der Waals surface area (Å²) in [4.78, 5) is 0. The van der Waals surface area contributed by atoms with Crippen LogP contribution in [0.4, 0.5) is 0 Å². The van der Waals surface area contributed by atoms with Gasteiger partial charge in [0.2, 0.25) is 0 Å². The molecule has 0 spiro atoms. The first-order valence-electron chi connectivity index (χ1n) is 4.64. The molecule has 14 heavy (non-hydrogen) atoms. The van der Waals surface area contributed by atoms with E-state index in [-0.39, 0.29) is 0 Å². The maximum Gasteiger partial charge on any atom is 0.0905 e. The highest BCUT2D eigenvalue weighted by molar-refractivity contribution is 6.35. The van der Waals surface area contributed by atoms with Crippen LogP contribution in [0.15, 0.2) is 6.07 Å². The second-order valence-corrected chi connectivity index (χ2v) is 4.81. The minimum atomic E-state index is -0.664. The molecule has 0 aromatic heterocycles. The first kappa shape index (κ1) is 10.3. The monoisotopic (exact) mass is 230 g/mol. The molecule has 1 nitrogen and oxygen atoms in total. The molecule has 1 N–H and O–H groups in total. The van der Waals surface area contributed by atoms with Crippen molar-refractivity contribution < 1.29 is 5.11 Å². The maximum atomic E-state index is 10.1. The smallest absolute Gasteiger partial charge is 0.0905 e. The van der Waals surface area contributed by atoms with Crippen LogP contribution in [0, 0.1) is 13.8 Å². The maximum absolute atomic E-state index is 10.1. The zero-order valence-electron chi connectivity index (χ0n) is 8.19. The van der Waals surface area contributed by atoms with Crippen molar-refractivity contribution in [3.8, 4) is 0 Å². The standard InChI is InChI=1S/C11H12Cl2O/c1-6-8(12)5-9(13)7(2)10(6)11(14)3-4-11/h5,14H,3-4H2,1-2H3. The zero-order valence-corrected chi connectivity index (χ0v) is 9.71. The molecule has 0 amide bonds. The van der Waals surface area contributed by atoms with Gasteiger partial charge < -0.3 is 5.11 Å². The van der Waals surface area contributed by atoms with Crippen molar-refractivity contribution in [2.45, 2.75) is 32.3 Å². The summed E-state index contributed by atoms with van der Waals surface area (Å²) in [5.74, 6) is 0. The van der Waals surface area contributed by atoms with Gasteiger partial charge in [0.05, 0.1) is 5.60 Å². The molecule has 0 atom stereocenters. The van der Waals surface area contributed by atoms with E-state index < -0.39 is 5.60 Å². The van der Waals surface area contributed by atoms with Gasteiger partial charge in [0.15, 0.2) is 0 Å². The third-order valence-electron chi connectivity index (χ3n) is 2.91. The molecule has 2 rings (SSSR count). The second-order valence-electron chi connectivity index (χ2n) is 4.00. The van der Waals surface area contributed by atoms with Gasteiger partial charge in [0, 0.05) is 10.0 Å². The number of aliphatic hydroxyl groups is 1. The van der Waals surface area contributed by atoms with Crippen LogP contribution in [-0.4, -0.2) is 5.11 Å². The van der Waals surface area contributed by atoms with E-state index in [4.69, 9.17) is 23.2 Å². The van der Waals surface area contributed by atoms with Crippen LogP contribution in [0.2, 0.25) is 10.0 Å². The molecule has 0 aliphatic heterocycles. The predicted octanol–water partition coefficient (Wildman–Crippen LogP) is 3.59. The number of rotatable bonds is 1. The Bertz CT molecular complexity index is 369.